The fourth-order valence-electron chi connectivity index (χ4n) is 3.66. The highest BCUT2D eigenvalue weighted by Crippen LogP contribution is 2.43. The minimum absolute atomic E-state index is 0.0912. The van der Waals surface area contributed by atoms with Crippen LogP contribution in [0.1, 0.15) is 23.6 Å². The third kappa shape index (κ3) is 5.40. The number of aliphatic hydroxyl groups excluding tert-OH is 1. The number of carbonyl (C=O) groups is 1. The average molecular weight is 536 g/mol. The second-order valence-electron chi connectivity index (χ2n) is 7.86. The molecule has 10 nitrogen and oxygen atoms in total. The van der Waals surface area contributed by atoms with Crippen LogP contribution in [0.3, 0.4) is 0 Å². The summed E-state index contributed by atoms with van der Waals surface area (Å²) in [4.78, 5) is 29.8. The number of aromatic nitrogens is 6. The number of aliphatic hydroxyl groups is 1. The molecule has 0 radical (unpaired) electrons. The van der Waals surface area contributed by atoms with Crippen molar-refractivity contribution in [3.63, 3.8) is 0 Å². The minimum atomic E-state index is -4.80. The lowest BCUT2D eigenvalue weighted by Crippen LogP contribution is -2.54. The quantitative estimate of drug-likeness (QED) is 0.495. The maximum atomic E-state index is 13.4. The van der Waals surface area contributed by atoms with Gasteiger partial charge in [-0.05, 0) is 6.92 Å². The van der Waals surface area contributed by atoms with E-state index >= 15 is 0 Å². The van der Waals surface area contributed by atoms with Crippen LogP contribution in [0.5, 0.6) is 0 Å². The van der Waals surface area contributed by atoms with Gasteiger partial charge in [-0.2, -0.15) is 31.4 Å². The van der Waals surface area contributed by atoms with E-state index in [1.165, 1.54) is 11.0 Å². The standard InChI is InChI=1S/C19H18F6N8O2S/c1-10-6-31(2-3-33(10)13(35)7-32-9-28-12(8-34)30-32)15-14(29-17(36-15)19(23,24)25)11-4-26-16(27-5-11)18(20,21)22/h4-5,9-10,34H,2-3,6-8H2,1H3. The van der Waals surface area contributed by atoms with Gasteiger partial charge in [0.25, 0.3) is 0 Å². The van der Waals surface area contributed by atoms with Crippen LogP contribution < -0.4 is 4.90 Å². The Balaban J connectivity index is 1.56. The number of nitrogens with zero attached hydrogens (tertiary/aromatic N) is 8. The molecule has 36 heavy (non-hydrogen) atoms. The minimum Gasteiger partial charge on any atom is -0.388 e. The summed E-state index contributed by atoms with van der Waals surface area (Å²) in [6.45, 7) is 1.69. The van der Waals surface area contributed by atoms with E-state index in [2.05, 4.69) is 25.0 Å². The molecule has 3 aromatic heterocycles. The highest BCUT2D eigenvalue weighted by Gasteiger charge is 2.39. The first-order valence-corrected chi connectivity index (χ1v) is 11.2. The molecule has 3 aromatic rings. The molecule has 1 atom stereocenters. The van der Waals surface area contributed by atoms with Crippen molar-refractivity contribution in [2.24, 2.45) is 0 Å². The lowest BCUT2D eigenvalue weighted by Gasteiger charge is -2.40. The molecule has 1 fully saturated rings. The Kier molecular flexibility index (Phi) is 6.87. The van der Waals surface area contributed by atoms with E-state index < -0.39 is 29.2 Å². The Morgan fingerprint density at radius 1 is 1.11 bits per heavy atom. The zero-order valence-corrected chi connectivity index (χ0v) is 19.3. The Labute approximate surface area is 203 Å². The van der Waals surface area contributed by atoms with E-state index in [0.29, 0.717) is 11.3 Å². The molecule has 0 spiro atoms. The summed E-state index contributed by atoms with van der Waals surface area (Å²) in [5.41, 5.74) is -0.283. The lowest BCUT2D eigenvalue weighted by atomic mass is 10.1. The van der Waals surface area contributed by atoms with Crippen LogP contribution >= 0.6 is 11.3 Å². The monoisotopic (exact) mass is 536 g/mol. The number of hydrogen-bond donors (Lipinski definition) is 1. The maximum absolute atomic E-state index is 13.4. The van der Waals surface area contributed by atoms with E-state index in [0.717, 1.165) is 12.4 Å². The lowest BCUT2D eigenvalue weighted by molar-refractivity contribution is -0.145. The van der Waals surface area contributed by atoms with Crippen LogP contribution in [-0.4, -0.2) is 71.3 Å². The molecule has 1 amide bonds. The molecule has 1 unspecified atom stereocenters. The molecule has 0 bridgehead atoms. The summed E-state index contributed by atoms with van der Waals surface area (Å²) in [5, 5.41) is 11.9. The summed E-state index contributed by atoms with van der Waals surface area (Å²) in [7, 11) is 0. The smallest absolute Gasteiger partial charge is 0.388 e. The summed E-state index contributed by atoms with van der Waals surface area (Å²) in [5.74, 6) is -1.56. The van der Waals surface area contributed by atoms with Crippen molar-refractivity contribution in [3.8, 4) is 11.3 Å². The Morgan fingerprint density at radius 3 is 2.36 bits per heavy atom. The second kappa shape index (κ2) is 9.61. The number of alkyl halides is 6. The number of rotatable bonds is 5. The average Bonchev–Trinajstić information content (AvgIpc) is 3.45. The molecule has 4 rings (SSSR count). The summed E-state index contributed by atoms with van der Waals surface area (Å²) >= 11 is 0.360. The molecule has 1 aliphatic rings. The van der Waals surface area contributed by atoms with Gasteiger partial charge >= 0.3 is 12.4 Å². The van der Waals surface area contributed by atoms with Crippen LogP contribution in [0.2, 0.25) is 0 Å². The Morgan fingerprint density at radius 2 is 1.81 bits per heavy atom. The fraction of sp³-hybridized carbons (Fsp3) is 0.474. The van der Waals surface area contributed by atoms with Crippen LogP contribution in [-0.2, 0) is 30.3 Å². The highest BCUT2D eigenvalue weighted by molar-refractivity contribution is 7.16. The van der Waals surface area contributed by atoms with Gasteiger partial charge in [0.05, 0.1) is 0 Å². The highest BCUT2D eigenvalue weighted by atomic mass is 32.1. The van der Waals surface area contributed by atoms with Gasteiger partial charge in [0.15, 0.2) is 5.82 Å². The van der Waals surface area contributed by atoms with Crippen LogP contribution in [0.25, 0.3) is 11.3 Å². The second-order valence-corrected chi connectivity index (χ2v) is 8.84. The number of piperazine rings is 1. The zero-order valence-electron chi connectivity index (χ0n) is 18.5. The zero-order chi connectivity index (χ0) is 26.3. The van der Waals surface area contributed by atoms with E-state index in [1.54, 1.807) is 16.7 Å². The van der Waals surface area contributed by atoms with E-state index in [1.807, 2.05) is 0 Å². The van der Waals surface area contributed by atoms with Gasteiger partial charge in [0.2, 0.25) is 16.7 Å². The molecular formula is C19H18F6N8O2S. The Bertz CT molecular complexity index is 1230. The molecule has 1 saturated heterocycles. The van der Waals surface area contributed by atoms with E-state index in [9.17, 15) is 31.1 Å². The maximum Gasteiger partial charge on any atom is 0.451 e. The Hall–Kier alpha value is -3.34. The molecule has 194 valence electrons. The molecular weight excluding hydrogens is 518 g/mol. The fourth-order valence-corrected chi connectivity index (χ4v) is 4.65. The largest absolute Gasteiger partial charge is 0.451 e. The number of thiazole rings is 1. The summed E-state index contributed by atoms with van der Waals surface area (Å²) in [6.07, 6.45) is -6.68. The van der Waals surface area contributed by atoms with Gasteiger partial charge in [0, 0.05) is 43.6 Å². The number of anilines is 1. The first-order valence-electron chi connectivity index (χ1n) is 10.4. The van der Waals surface area contributed by atoms with Crippen molar-refractivity contribution in [1.29, 1.82) is 0 Å². The van der Waals surface area contributed by atoms with E-state index in [4.69, 9.17) is 5.11 Å². The van der Waals surface area contributed by atoms with Crippen LogP contribution in [0.15, 0.2) is 18.7 Å². The molecule has 0 saturated carbocycles. The van der Waals surface area contributed by atoms with Crippen molar-refractivity contribution < 1.29 is 36.2 Å². The van der Waals surface area contributed by atoms with Crippen molar-refractivity contribution >= 4 is 22.2 Å². The number of amides is 1. The summed E-state index contributed by atoms with van der Waals surface area (Å²) < 4.78 is 80.0. The molecule has 1 N–H and O–H groups in total. The molecule has 17 heteroatoms. The molecule has 1 aliphatic heterocycles. The van der Waals surface area contributed by atoms with Crippen molar-refractivity contribution in [1.82, 2.24) is 34.6 Å². The van der Waals surface area contributed by atoms with Crippen molar-refractivity contribution in [2.45, 2.75) is 38.5 Å². The van der Waals surface area contributed by atoms with Gasteiger partial charge in [-0.15, -0.1) is 0 Å². The van der Waals surface area contributed by atoms with Gasteiger partial charge < -0.3 is 14.9 Å². The first-order chi connectivity index (χ1) is 16.9. The summed E-state index contributed by atoms with van der Waals surface area (Å²) in [6, 6.07) is -0.416. The van der Waals surface area contributed by atoms with Gasteiger partial charge in [-0.3, -0.25) is 4.79 Å². The molecule has 0 aromatic carbocycles. The number of hydrogen-bond acceptors (Lipinski definition) is 9. The van der Waals surface area contributed by atoms with Crippen molar-refractivity contribution in [3.05, 3.63) is 35.4 Å². The predicted molar refractivity (Wildman–Crippen MR) is 112 cm³/mol. The third-order valence-electron chi connectivity index (χ3n) is 5.29. The number of carbonyl (C=O) groups excluding carboxylic acids is 1. The third-order valence-corrected chi connectivity index (χ3v) is 6.45. The van der Waals surface area contributed by atoms with Crippen LogP contribution in [0, 0.1) is 0 Å². The molecule has 4 heterocycles. The molecule has 0 aliphatic carbocycles. The van der Waals surface area contributed by atoms with Gasteiger partial charge in [-0.25, -0.2) is 24.6 Å². The van der Waals surface area contributed by atoms with E-state index in [-0.39, 0.29) is 60.8 Å². The predicted octanol–water partition coefficient (Wildman–Crippen LogP) is 2.46. The number of halogens is 6. The normalized spacial score (nSPS) is 17.1. The van der Waals surface area contributed by atoms with Crippen LogP contribution in [0.4, 0.5) is 31.3 Å². The first kappa shape index (κ1) is 25.7. The van der Waals surface area contributed by atoms with Crippen molar-refractivity contribution in [2.75, 3.05) is 24.5 Å². The SMILES string of the molecule is CC1CN(c2sc(C(F)(F)F)nc2-c2cnc(C(F)(F)F)nc2)CCN1C(=O)Cn1cnc(CO)n1. The van der Waals surface area contributed by atoms with Gasteiger partial charge in [-0.1, -0.05) is 11.3 Å². The topological polar surface area (TPSA) is 113 Å². The van der Waals surface area contributed by atoms with Gasteiger partial charge in [0.1, 0.15) is 30.2 Å².